The summed E-state index contributed by atoms with van der Waals surface area (Å²) in [6.45, 7) is 1.42. The Hall–Kier alpha value is -3.51. The topological polar surface area (TPSA) is 190 Å². The Morgan fingerprint density at radius 2 is 1.56 bits per heavy atom. The molecule has 32 heavy (non-hydrogen) atoms. The van der Waals surface area contributed by atoms with Gasteiger partial charge in [-0.25, -0.2) is 0 Å². The summed E-state index contributed by atoms with van der Waals surface area (Å²) in [4.78, 5) is 13.2. The lowest BCUT2D eigenvalue weighted by atomic mass is 10.00. The maximum Gasteiger partial charge on any atom is 0.239 e. The summed E-state index contributed by atoms with van der Waals surface area (Å²) < 4.78 is 16.6. The molecule has 0 saturated carbocycles. The van der Waals surface area contributed by atoms with Crippen molar-refractivity contribution in [2.45, 2.75) is 37.6 Å². The fraction of sp³-hybridized carbons (Fsp3) is 0.286. The third kappa shape index (κ3) is 3.56. The molecule has 2 heterocycles. The lowest BCUT2D eigenvalue weighted by Gasteiger charge is -2.38. The van der Waals surface area contributed by atoms with Crippen LogP contribution in [-0.4, -0.2) is 66.5 Å². The molecule has 7 N–H and O–H groups in total. The van der Waals surface area contributed by atoms with Crippen molar-refractivity contribution in [2.24, 2.45) is 0 Å². The van der Waals surface area contributed by atoms with E-state index in [1.54, 1.807) is 0 Å². The number of hydrogen-bond acceptors (Lipinski definition) is 11. The van der Waals surface area contributed by atoms with E-state index in [9.17, 15) is 40.5 Å². The Morgan fingerprint density at radius 3 is 2.25 bits per heavy atom. The van der Waals surface area contributed by atoms with E-state index in [-0.39, 0.29) is 28.0 Å². The van der Waals surface area contributed by atoms with Gasteiger partial charge in [-0.2, -0.15) is 0 Å². The highest BCUT2D eigenvalue weighted by atomic mass is 16.7. The quantitative estimate of drug-likeness (QED) is 0.295. The van der Waals surface area contributed by atoms with Crippen molar-refractivity contribution in [3.05, 3.63) is 40.6 Å². The van der Waals surface area contributed by atoms with Crippen LogP contribution in [0.1, 0.15) is 6.92 Å². The van der Waals surface area contributed by atoms with Gasteiger partial charge in [0.1, 0.15) is 52.3 Å². The molecule has 0 amide bonds. The zero-order valence-electron chi connectivity index (χ0n) is 16.5. The van der Waals surface area contributed by atoms with Crippen molar-refractivity contribution in [2.75, 3.05) is 0 Å². The molecular weight excluding hydrogens is 428 g/mol. The summed E-state index contributed by atoms with van der Waals surface area (Å²) >= 11 is 0. The number of phenols is 4. The monoisotopic (exact) mass is 448 g/mol. The van der Waals surface area contributed by atoms with Gasteiger partial charge in [-0.1, -0.05) is 0 Å². The molecule has 11 heteroatoms. The Kier molecular flexibility index (Phi) is 5.34. The van der Waals surface area contributed by atoms with Gasteiger partial charge < -0.3 is 49.6 Å². The number of rotatable bonds is 3. The van der Waals surface area contributed by atoms with Crippen LogP contribution in [0.2, 0.25) is 0 Å². The van der Waals surface area contributed by atoms with Crippen molar-refractivity contribution >= 4 is 11.0 Å². The molecule has 1 saturated heterocycles. The van der Waals surface area contributed by atoms with E-state index < -0.39 is 59.1 Å². The van der Waals surface area contributed by atoms with E-state index in [1.807, 2.05) is 0 Å². The average Bonchev–Trinajstić information content (AvgIpc) is 2.71. The second-order valence-corrected chi connectivity index (χ2v) is 7.43. The van der Waals surface area contributed by atoms with Gasteiger partial charge in [0, 0.05) is 18.2 Å². The summed E-state index contributed by atoms with van der Waals surface area (Å²) in [6, 6.07) is 5.39. The standard InChI is InChI=1S/C21H20O11/c1-7-15(26)17(28)18(29)21(30-7)32-20-16(27)14-12(25)5-9(23)6-13(14)31-19(20)10-3-2-8(22)4-11(10)24/h2-7,15,17-18,21-26,28-29H,1H3/t7-,15-,17+,18+,21-/m0/s1. The number of phenolic OH excluding ortho intramolecular Hbond substituents is 4. The van der Waals surface area contributed by atoms with Crippen LogP contribution in [0.4, 0.5) is 0 Å². The fourth-order valence-electron chi connectivity index (χ4n) is 3.49. The van der Waals surface area contributed by atoms with Gasteiger partial charge in [0.25, 0.3) is 0 Å². The highest BCUT2D eigenvalue weighted by Gasteiger charge is 2.44. The lowest BCUT2D eigenvalue weighted by molar-refractivity contribution is -0.268. The summed E-state index contributed by atoms with van der Waals surface area (Å²) in [5.41, 5.74) is -1.27. The van der Waals surface area contributed by atoms with Gasteiger partial charge >= 0.3 is 0 Å². The van der Waals surface area contributed by atoms with Gasteiger partial charge in [0.05, 0.1) is 11.7 Å². The summed E-state index contributed by atoms with van der Waals surface area (Å²) in [6.07, 6.45) is -7.41. The maximum absolute atomic E-state index is 13.2. The molecule has 4 rings (SSSR count). The number of aliphatic hydroxyl groups excluding tert-OH is 3. The van der Waals surface area contributed by atoms with Crippen LogP contribution in [0, 0.1) is 0 Å². The van der Waals surface area contributed by atoms with Gasteiger partial charge in [0.2, 0.25) is 17.5 Å². The second-order valence-electron chi connectivity index (χ2n) is 7.43. The Balaban J connectivity index is 1.93. The van der Waals surface area contributed by atoms with E-state index in [0.717, 1.165) is 18.2 Å². The van der Waals surface area contributed by atoms with Crippen molar-refractivity contribution in [1.29, 1.82) is 0 Å². The third-order valence-corrected chi connectivity index (χ3v) is 5.19. The molecule has 1 aromatic heterocycles. The molecule has 0 spiro atoms. The molecule has 3 aromatic rings. The first-order valence-corrected chi connectivity index (χ1v) is 9.50. The van der Waals surface area contributed by atoms with E-state index in [0.29, 0.717) is 0 Å². The van der Waals surface area contributed by atoms with Gasteiger partial charge in [-0.15, -0.1) is 0 Å². The first-order valence-electron chi connectivity index (χ1n) is 9.50. The van der Waals surface area contributed by atoms with Crippen LogP contribution in [0.5, 0.6) is 28.7 Å². The molecule has 170 valence electrons. The van der Waals surface area contributed by atoms with Crippen molar-refractivity contribution < 1.29 is 49.6 Å². The predicted molar refractivity (Wildman–Crippen MR) is 108 cm³/mol. The van der Waals surface area contributed by atoms with E-state index in [4.69, 9.17) is 13.9 Å². The SMILES string of the molecule is C[C@@H]1O[C@@H](Oc2c(-c3ccc(O)cc3O)oc3cc(O)cc(O)c3c2=O)[C@H](O)[C@H](O)[C@H]1O. The zero-order chi connectivity index (χ0) is 23.3. The second kappa shape index (κ2) is 7.88. The number of fused-ring (bicyclic) bond motifs is 1. The Morgan fingerprint density at radius 1 is 0.875 bits per heavy atom. The molecule has 2 aromatic carbocycles. The molecule has 0 aliphatic carbocycles. The Bertz CT molecular complexity index is 1230. The molecule has 1 fully saturated rings. The van der Waals surface area contributed by atoms with Crippen LogP contribution >= 0.6 is 0 Å². The minimum Gasteiger partial charge on any atom is -0.508 e. The fourth-order valence-corrected chi connectivity index (χ4v) is 3.49. The van der Waals surface area contributed by atoms with E-state index in [2.05, 4.69) is 0 Å². The first kappa shape index (κ1) is 21.7. The zero-order valence-corrected chi connectivity index (χ0v) is 16.5. The molecule has 11 nitrogen and oxygen atoms in total. The minimum absolute atomic E-state index is 0.0986. The first-order chi connectivity index (χ1) is 15.1. The average molecular weight is 448 g/mol. The summed E-state index contributed by atoms with van der Waals surface area (Å²) in [7, 11) is 0. The van der Waals surface area contributed by atoms with Crippen LogP contribution in [0.15, 0.2) is 39.5 Å². The number of ether oxygens (including phenoxy) is 2. The predicted octanol–water partition coefficient (Wildman–Crippen LogP) is 0.489. The minimum atomic E-state index is -1.76. The molecule has 1 aliphatic rings. The number of aliphatic hydroxyl groups is 3. The highest BCUT2D eigenvalue weighted by Crippen LogP contribution is 2.40. The van der Waals surface area contributed by atoms with Crippen molar-refractivity contribution in [1.82, 2.24) is 0 Å². The molecule has 0 unspecified atom stereocenters. The van der Waals surface area contributed by atoms with Crippen molar-refractivity contribution in [3.63, 3.8) is 0 Å². The summed E-state index contributed by atoms with van der Waals surface area (Å²) in [5.74, 6) is -2.74. The molecule has 0 bridgehead atoms. The number of aromatic hydroxyl groups is 4. The van der Waals surface area contributed by atoms with Crippen LogP contribution < -0.4 is 10.2 Å². The van der Waals surface area contributed by atoms with Gasteiger partial charge in [0.15, 0.2) is 5.76 Å². The summed E-state index contributed by atoms with van der Waals surface area (Å²) in [5, 5.41) is 69.6. The number of hydrogen-bond donors (Lipinski definition) is 7. The van der Waals surface area contributed by atoms with E-state index >= 15 is 0 Å². The van der Waals surface area contributed by atoms with Gasteiger partial charge in [-0.3, -0.25) is 4.79 Å². The number of benzene rings is 2. The highest BCUT2D eigenvalue weighted by molar-refractivity contribution is 5.88. The van der Waals surface area contributed by atoms with Gasteiger partial charge in [-0.05, 0) is 19.1 Å². The van der Waals surface area contributed by atoms with Crippen LogP contribution in [0.25, 0.3) is 22.3 Å². The normalized spacial score (nSPS) is 25.7. The largest absolute Gasteiger partial charge is 0.508 e. The molecular formula is C21H20O11. The van der Waals surface area contributed by atoms with Crippen molar-refractivity contribution in [3.8, 4) is 40.1 Å². The maximum atomic E-state index is 13.2. The van der Waals surface area contributed by atoms with Crippen LogP contribution in [-0.2, 0) is 4.74 Å². The molecule has 5 atom stereocenters. The van der Waals surface area contributed by atoms with E-state index in [1.165, 1.54) is 19.1 Å². The lowest BCUT2D eigenvalue weighted by Crippen LogP contribution is -2.58. The molecule has 1 aliphatic heterocycles. The molecule has 0 radical (unpaired) electrons. The van der Waals surface area contributed by atoms with Crippen LogP contribution in [0.3, 0.4) is 0 Å². The smallest absolute Gasteiger partial charge is 0.239 e. The third-order valence-electron chi connectivity index (χ3n) is 5.19. The Labute approximate surface area is 179 Å².